The topological polar surface area (TPSA) is 63.6 Å². The molecule has 0 spiro atoms. The summed E-state index contributed by atoms with van der Waals surface area (Å²) in [6.07, 6.45) is -3.33. The molecule has 122 valence electrons. The van der Waals surface area contributed by atoms with Gasteiger partial charge in [-0.05, 0) is 12.3 Å². The quantitative estimate of drug-likeness (QED) is 0.521. The zero-order chi connectivity index (χ0) is 16.5. The van der Waals surface area contributed by atoms with Crippen LogP contribution in [0.5, 0.6) is 0 Å². The molecular weight excluding hydrogens is 289 g/mol. The Balaban J connectivity index is 4.73. The number of aliphatic carboxylic acids is 1. The fourth-order valence-corrected chi connectivity index (χ4v) is 1.85. The number of carboxylic acid groups (broad SMARTS) is 1. The first-order chi connectivity index (χ1) is 9.70. The van der Waals surface area contributed by atoms with E-state index in [-0.39, 0.29) is 12.3 Å². The Morgan fingerprint density at radius 1 is 1.24 bits per heavy atom. The van der Waals surface area contributed by atoms with Crippen LogP contribution in [0.1, 0.15) is 46.0 Å². The predicted octanol–water partition coefficient (Wildman–Crippen LogP) is 3.71. The van der Waals surface area contributed by atoms with Gasteiger partial charge in [-0.1, -0.05) is 39.5 Å². The second-order valence-electron chi connectivity index (χ2n) is 4.79. The molecule has 1 N–H and O–H groups in total. The zero-order valence-corrected chi connectivity index (χ0v) is 12.2. The molecule has 0 aromatic carbocycles. The Morgan fingerprint density at radius 3 is 2.29 bits per heavy atom. The normalized spacial score (nSPS) is 14.9. The van der Waals surface area contributed by atoms with Crippen molar-refractivity contribution in [1.82, 2.24) is 0 Å². The molecule has 0 aliphatic carbocycles. The lowest BCUT2D eigenvalue weighted by molar-refractivity contribution is -0.222. The molecule has 0 aliphatic rings. The van der Waals surface area contributed by atoms with Crippen LogP contribution in [0.15, 0.2) is 12.2 Å². The van der Waals surface area contributed by atoms with Gasteiger partial charge in [0.05, 0.1) is 0 Å². The van der Waals surface area contributed by atoms with E-state index < -0.39 is 24.2 Å². The van der Waals surface area contributed by atoms with Crippen LogP contribution in [0.3, 0.4) is 0 Å². The third kappa shape index (κ3) is 9.10. The lowest BCUT2D eigenvalue weighted by atomic mass is 9.93. The van der Waals surface area contributed by atoms with Crippen molar-refractivity contribution in [3.8, 4) is 0 Å². The maximum Gasteiger partial charge on any atom is 0.425 e. The number of unbranched alkanes of at least 4 members (excludes halogenated alkanes) is 1. The van der Waals surface area contributed by atoms with Crippen molar-refractivity contribution in [1.29, 1.82) is 0 Å². The largest absolute Gasteiger partial charge is 0.478 e. The van der Waals surface area contributed by atoms with Crippen LogP contribution in [0.4, 0.5) is 13.2 Å². The lowest BCUT2D eigenvalue weighted by Gasteiger charge is -2.24. The Morgan fingerprint density at radius 2 is 1.86 bits per heavy atom. The number of hydrogen-bond donors (Lipinski definition) is 1. The molecule has 2 unspecified atom stereocenters. The van der Waals surface area contributed by atoms with E-state index in [1.165, 1.54) is 0 Å². The fraction of sp³-hybridized carbons (Fsp3) is 0.714. The highest BCUT2D eigenvalue weighted by atomic mass is 19.4. The van der Waals surface area contributed by atoms with Crippen LogP contribution in [-0.2, 0) is 14.3 Å². The van der Waals surface area contributed by atoms with Crippen LogP contribution in [0, 0.1) is 5.92 Å². The van der Waals surface area contributed by atoms with Crippen molar-refractivity contribution >= 4 is 11.9 Å². The molecule has 2 atom stereocenters. The minimum absolute atomic E-state index is 0.187. The Labute approximate surface area is 122 Å². The van der Waals surface area contributed by atoms with Crippen LogP contribution in [0.2, 0.25) is 0 Å². The molecule has 0 aromatic rings. The second-order valence-corrected chi connectivity index (χ2v) is 4.79. The summed E-state index contributed by atoms with van der Waals surface area (Å²) in [5, 5.41) is 8.32. The van der Waals surface area contributed by atoms with E-state index in [9.17, 15) is 22.8 Å². The standard InChI is InChI=1S/C14H21F3O4/c1-3-5-6-10(4-2)9-11(14(15,16)17)21-13(20)8-7-12(18)19/h7-8,10-11H,3-6,9H2,1-2H3,(H,18,19)/b8-7+. The molecule has 0 saturated carbocycles. The molecule has 0 radical (unpaired) electrons. The first-order valence-electron chi connectivity index (χ1n) is 6.89. The number of carbonyl (C=O) groups is 2. The van der Waals surface area contributed by atoms with Gasteiger partial charge in [0.15, 0.2) is 6.10 Å². The highest BCUT2D eigenvalue weighted by molar-refractivity contribution is 5.90. The van der Waals surface area contributed by atoms with Gasteiger partial charge in [-0.3, -0.25) is 0 Å². The molecule has 7 heteroatoms. The maximum absolute atomic E-state index is 12.9. The van der Waals surface area contributed by atoms with Gasteiger partial charge in [0.25, 0.3) is 0 Å². The molecule has 0 rings (SSSR count). The van der Waals surface area contributed by atoms with Crippen molar-refractivity contribution in [3.05, 3.63) is 12.2 Å². The smallest absolute Gasteiger partial charge is 0.425 e. The van der Waals surface area contributed by atoms with E-state index in [1.807, 2.05) is 6.92 Å². The average molecular weight is 310 g/mol. The van der Waals surface area contributed by atoms with Gasteiger partial charge in [-0.15, -0.1) is 0 Å². The monoisotopic (exact) mass is 310 g/mol. The van der Waals surface area contributed by atoms with Crippen LogP contribution in [-0.4, -0.2) is 29.3 Å². The van der Waals surface area contributed by atoms with Gasteiger partial charge in [0, 0.05) is 12.2 Å². The molecule has 0 fully saturated rings. The molecular formula is C14H21F3O4. The molecule has 0 aromatic heterocycles. The zero-order valence-electron chi connectivity index (χ0n) is 12.2. The molecule has 21 heavy (non-hydrogen) atoms. The van der Waals surface area contributed by atoms with Crippen molar-refractivity contribution in [2.24, 2.45) is 5.92 Å². The molecule has 0 aliphatic heterocycles. The van der Waals surface area contributed by atoms with Gasteiger partial charge in [-0.2, -0.15) is 13.2 Å². The number of alkyl halides is 3. The van der Waals surface area contributed by atoms with Crippen molar-refractivity contribution < 1.29 is 32.6 Å². The SMILES string of the molecule is CCCCC(CC)CC(OC(=O)/C=C/C(=O)O)C(F)(F)F. The Kier molecular flexibility index (Phi) is 8.73. The highest BCUT2D eigenvalue weighted by Gasteiger charge is 2.43. The van der Waals surface area contributed by atoms with Crippen LogP contribution < -0.4 is 0 Å². The minimum atomic E-state index is -4.66. The number of carbonyl (C=O) groups excluding carboxylic acids is 1. The van der Waals surface area contributed by atoms with Gasteiger partial charge in [0.2, 0.25) is 0 Å². The number of carboxylic acids is 1. The Bertz CT molecular complexity index is 364. The summed E-state index contributed by atoms with van der Waals surface area (Å²) in [5.74, 6) is -2.91. The summed E-state index contributed by atoms with van der Waals surface area (Å²) in [7, 11) is 0. The molecule has 0 saturated heterocycles. The number of rotatable bonds is 9. The highest BCUT2D eigenvalue weighted by Crippen LogP contribution is 2.31. The number of esters is 1. The molecule has 0 amide bonds. The van der Waals surface area contributed by atoms with E-state index in [1.54, 1.807) is 6.92 Å². The van der Waals surface area contributed by atoms with Crippen molar-refractivity contribution in [3.63, 3.8) is 0 Å². The van der Waals surface area contributed by atoms with Gasteiger partial charge >= 0.3 is 18.1 Å². The summed E-state index contributed by atoms with van der Waals surface area (Å²) >= 11 is 0. The first-order valence-corrected chi connectivity index (χ1v) is 6.89. The van der Waals surface area contributed by atoms with E-state index in [0.29, 0.717) is 25.0 Å². The van der Waals surface area contributed by atoms with Gasteiger partial charge < -0.3 is 9.84 Å². The number of halogens is 3. The second kappa shape index (κ2) is 9.41. The van der Waals surface area contributed by atoms with Gasteiger partial charge in [-0.25, -0.2) is 9.59 Å². The summed E-state index contributed by atoms with van der Waals surface area (Å²) in [6, 6.07) is 0. The Hall–Kier alpha value is -1.53. The molecule has 0 bridgehead atoms. The predicted molar refractivity (Wildman–Crippen MR) is 70.6 cm³/mol. The van der Waals surface area contributed by atoms with E-state index in [4.69, 9.17) is 5.11 Å². The average Bonchev–Trinajstić information content (AvgIpc) is 2.38. The first kappa shape index (κ1) is 19.5. The third-order valence-corrected chi connectivity index (χ3v) is 3.08. The van der Waals surface area contributed by atoms with E-state index >= 15 is 0 Å². The number of ether oxygens (including phenoxy) is 1. The summed E-state index contributed by atoms with van der Waals surface area (Å²) in [6.45, 7) is 3.74. The van der Waals surface area contributed by atoms with E-state index in [2.05, 4.69) is 4.74 Å². The lowest BCUT2D eigenvalue weighted by Crippen LogP contribution is -2.35. The van der Waals surface area contributed by atoms with Crippen LogP contribution >= 0.6 is 0 Å². The molecule has 4 nitrogen and oxygen atoms in total. The summed E-state index contributed by atoms with van der Waals surface area (Å²) in [4.78, 5) is 21.4. The maximum atomic E-state index is 12.9. The summed E-state index contributed by atoms with van der Waals surface area (Å²) < 4.78 is 43.0. The van der Waals surface area contributed by atoms with Crippen LogP contribution in [0.25, 0.3) is 0 Å². The van der Waals surface area contributed by atoms with E-state index in [0.717, 1.165) is 12.8 Å². The summed E-state index contributed by atoms with van der Waals surface area (Å²) in [5.41, 5.74) is 0. The van der Waals surface area contributed by atoms with Crippen molar-refractivity contribution in [2.45, 2.75) is 58.2 Å². The van der Waals surface area contributed by atoms with Gasteiger partial charge in [0.1, 0.15) is 0 Å². The molecule has 0 heterocycles. The number of hydrogen-bond acceptors (Lipinski definition) is 3. The van der Waals surface area contributed by atoms with Crippen molar-refractivity contribution in [2.75, 3.05) is 0 Å². The minimum Gasteiger partial charge on any atom is -0.478 e. The fourth-order valence-electron chi connectivity index (χ4n) is 1.85. The third-order valence-electron chi connectivity index (χ3n) is 3.08.